The van der Waals surface area contributed by atoms with E-state index in [-0.39, 0.29) is 47.0 Å². The highest BCUT2D eigenvalue weighted by atomic mass is 16.4. The highest BCUT2D eigenvalue weighted by Gasteiger charge is 2.62. The lowest BCUT2D eigenvalue weighted by Gasteiger charge is -2.57. The molecule has 3 rings (SSSR count). The molecule has 9 atom stereocenters. The van der Waals surface area contributed by atoms with Gasteiger partial charge < -0.3 is 20.4 Å². The summed E-state index contributed by atoms with van der Waals surface area (Å²) in [5, 5.41) is 42.3. The molecule has 0 aromatic carbocycles. The van der Waals surface area contributed by atoms with Gasteiger partial charge in [-0.3, -0.25) is 4.79 Å². The normalized spacial score (nSPS) is 45.2. The fourth-order valence-electron chi connectivity index (χ4n) is 7.74. The Labute approximate surface area is 182 Å². The summed E-state index contributed by atoms with van der Waals surface area (Å²) < 4.78 is 0. The summed E-state index contributed by atoms with van der Waals surface area (Å²) in [6.45, 7) is 8.87. The van der Waals surface area contributed by atoms with Crippen LogP contribution < -0.4 is 0 Å². The molecule has 3 fully saturated rings. The summed E-state index contributed by atoms with van der Waals surface area (Å²) in [4.78, 5) is 11.1. The predicted octanol–water partition coefficient (Wildman–Crippen LogP) is 4.23. The van der Waals surface area contributed by atoms with Crippen LogP contribution >= 0.6 is 0 Å². The zero-order valence-electron chi connectivity index (χ0n) is 19.4. The summed E-state index contributed by atoms with van der Waals surface area (Å²) in [7, 11) is 0. The molecule has 0 aromatic heterocycles. The molecular formula is C25H44O5. The van der Waals surface area contributed by atoms with E-state index in [9.17, 15) is 20.1 Å². The van der Waals surface area contributed by atoms with Crippen molar-refractivity contribution >= 4 is 5.97 Å². The van der Waals surface area contributed by atoms with Gasteiger partial charge in [-0.1, -0.05) is 27.7 Å². The molecule has 0 aromatic rings. The third-order valence-electron chi connectivity index (χ3n) is 9.62. The number of aliphatic carboxylic acids is 1. The van der Waals surface area contributed by atoms with E-state index in [0.717, 1.165) is 44.9 Å². The number of carbonyl (C=O) groups is 1. The van der Waals surface area contributed by atoms with Crippen molar-refractivity contribution in [2.75, 3.05) is 0 Å². The maximum atomic E-state index is 11.5. The van der Waals surface area contributed by atoms with Gasteiger partial charge in [0.2, 0.25) is 0 Å². The number of carboxylic acid groups (broad SMARTS) is 1. The summed E-state index contributed by atoms with van der Waals surface area (Å²) >= 11 is 0. The van der Waals surface area contributed by atoms with Gasteiger partial charge in [0.15, 0.2) is 0 Å². The van der Waals surface area contributed by atoms with Crippen LogP contribution in [0.1, 0.15) is 91.9 Å². The van der Waals surface area contributed by atoms with Crippen LogP contribution in [0, 0.1) is 40.4 Å². The fraction of sp³-hybridized carbons (Fsp3) is 0.960. The first kappa shape index (κ1) is 24.0. The molecule has 5 heteroatoms. The minimum absolute atomic E-state index is 0.0424. The Balaban J connectivity index is 1.90. The Kier molecular flexibility index (Phi) is 7.26. The standard InChI is InChI=1S/C25H44O5/c1-15(8-11-22(29)30)17-9-10-18-23-19(14-21(28)25(17,18)4)24(2,3)13-12-16(26)6-5-7-20(23)27/h15-21,23,26-28H,5-14H2,1-4H3,(H,29,30)/t15-,16+,17-,18?,19?,20-,21+,23?,25-/m1/s1. The van der Waals surface area contributed by atoms with Gasteiger partial charge in [-0.15, -0.1) is 0 Å². The second-order valence-electron chi connectivity index (χ2n) is 11.7. The van der Waals surface area contributed by atoms with Gasteiger partial charge in [-0.25, -0.2) is 0 Å². The fourth-order valence-corrected chi connectivity index (χ4v) is 7.74. The van der Waals surface area contributed by atoms with Crippen molar-refractivity contribution in [2.24, 2.45) is 40.4 Å². The van der Waals surface area contributed by atoms with Gasteiger partial charge in [0, 0.05) is 6.42 Å². The van der Waals surface area contributed by atoms with Gasteiger partial charge in [0.25, 0.3) is 0 Å². The number of carboxylic acids is 1. The number of rotatable bonds is 4. The molecule has 0 bridgehead atoms. The van der Waals surface area contributed by atoms with Crippen molar-refractivity contribution in [3.05, 3.63) is 0 Å². The summed E-state index contributed by atoms with van der Waals surface area (Å²) in [6, 6.07) is 0. The minimum Gasteiger partial charge on any atom is -0.481 e. The van der Waals surface area contributed by atoms with Gasteiger partial charge in [0.05, 0.1) is 18.3 Å². The molecule has 3 aliphatic carbocycles. The summed E-state index contributed by atoms with van der Waals surface area (Å²) in [5.74, 6) is 0.464. The molecule has 30 heavy (non-hydrogen) atoms. The van der Waals surface area contributed by atoms with Gasteiger partial charge in [-0.05, 0) is 98.2 Å². The minimum atomic E-state index is -0.752. The molecule has 3 saturated carbocycles. The maximum Gasteiger partial charge on any atom is 0.303 e. The Morgan fingerprint density at radius 2 is 1.70 bits per heavy atom. The molecule has 0 spiro atoms. The monoisotopic (exact) mass is 424 g/mol. The van der Waals surface area contributed by atoms with Crippen molar-refractivity contribution in [1.82, 2.24) is 0 Å². The number of hydrogen-bond donors (Lipinski definition) is 4. The topological polar surface area (TPSA) is 98.0 Å². The molecule has 0 heterocycles. The lowest BCUT2D eigenvalue weighted by atomic mass is 9.49. The summed E-state index contributed by atoms with van der Waals surface area (Å²) in [5.41, 5.74) is -0.306. The number of aliphatic hydroxyl groups is 3. The molecule has 0 radical (unpaired) electrons. The number of aliphatic hydroxyl groups excluding tert-OH is 3. The lowest BCUT2D eigenvalue weighted by Crippen LogP contribution is -2.57. The lowest BCUT2D eigenvalue weighted by molar-refractivity contribution is -0.161. The largest absolute Gasteiger partial charge is 0.481 e. The van der Waals surface area contributed by atoms with Gasteiger partial charge in [0.1, 0.15) is 0 Å². The molecular weight excluding hydrogens is 380 g/mol. The van der Waals surface area contributed by atoms with E-state index in [0.29, 0.717) is 18.8 Å². The summed E-state index contributed by atoms with van der Waals surface area (Å²) in [6.07, 6.45) is 6.44. The Morgan fingerprint density at radius 3 is 2.37 bits per heavy atom. The first-order valence-electron chi connectivity index (χ1n) is 12.2. The maximum absolute atomic E-state index is 11.5. The van der Waals surface area contributed by atoms with Gasteiger partial charge in [-0.2, -0.15) is 0 Å². The van der Waals surface area contributed by atoms with Crippen LogP contribution in [0.25, 0.3) is 0 Å². The Hall–Kier alpha value is -0.650. The highest BCUT2D eigenvalue weighted by molar-refractivity contribution is 5.66. The van der Waals surface area contributed by atoms with Crippen LogP contribution in [0.4, 0.5) is 0 Å². The smallest absolute Gasteiger partial charge is 0.303 e. The SMILES string of the molecule is C[C@H](CCC(=O)O)[C@H]1CCC2C3C(C[C@H](O)[C@@]21C)C(C)(C)CC[C@@H](O)CCC[C@H]3O. The van der Waals surface area contributed by atoms with E-state index in [1.807, 2.05) is 0 Å². The van der Waals surface area contributed by atoms with E-state index in [1.165, 1.54) is 0 Å². The predicted molar refractivity (Wildman–Crippen MR) is 117 cm³/mol. The van der Waals surface area contributed by atoms with Crippen molar-refractivity contribution < 1.29 is 25.2 Å². The average molecular weight is 425 g/mol. The van der Waals surface area contributed by atoms with Crippen LogP contribution in [0.3, 0.4) is 0 Å². The molecule has 5 nitrogen and oxygen atoms in total. The molecule has 0 saturated heterocycles. The zero-order valence-corrected chi connectivity index (χ0v) is 19.4. The van der Waals surface area contributed by atoms with Crippen molar-refractivity contribution in [2.45, 2.75) is 110 Å². The molecule has 3 unspecified atom stereocenters. The third-order valence-corrected chi connectivity index (χ3v) is 9.62. The quantitative estimate of drug-likeness (QED) is 0.541. The molecule has 0 aliphatic heterocycles. The van der Waals surface area contributed by atoms with Crippen LogP contribution in [0.2, 0.25) is 0 Å². The molecule has 3 aliphatic rings. The van der Waals surface area contributed by atoms with E-state index in [1.54, 1.807) is 0 Å². The first-order chi connectivity index (χ1) is 14.0. The van der Waals surface area contributed by atoms with E-state index < -0.39 is 18.2 Å². The second-order valence-corrected chi connectivity index (χ2v) is 11.7. The van der Waals surface area contributed by atoms with Crippen LogP contribution in [0.5, 0.6) is 0 Å². The van der Waals surface area contributed by atoms with Crippen molar-refractivity contribution in [3.63, 3.8) is 0 Å². The highest BCUT2D eigenvalue weighted by Crippen LogP contribution is 2.64. The third kappa shape index (κ3) is 4.45. The van der Waals surface area contributed by atoms with Crippen LogP contribution in [0.15, 0.2) is 0 Å². The Bertz CT molecular complexity index is 604. The number of hydrogen-bond acceptors (Lipinski definition) is 4. The van der Waals surface area contributed by atoms with Crippen LogP contribution in [-0.4, -0.2) is 44.7 Å². The van der Waals surface area contributed by atoms with Crippen molar-refractivity contribution in [3.8, 4) is 0 Å². The molecule has 4 N–H and O–H groups in total. The van der Waals surface area contributed by atoms with E-state index >= 15 is 0 Å². The molecule has 0 amide bonds. The first-order valence-corrected chi connectivity index (χ1v) is 12.2. The van der Waals surface area contributed by atoms with E-state index in [4.69, 9.17) is 5.11 Å². The average Bonchev–Trinajstić information content (AvgIpc) is 3.02. The van der Waals surface area contributed by atoms with Crippen molar-refractivity contribution in [1.29, 1.82) is 0 Å². The van der Waals surface area contributed by atoms with E-state index in [2.05, 4.69) is 27.7 Å². The Morgan fingerprint density at radius 1 is 1.00 bits per heavy atom. The zero-order chi connectivity index (χ0) is 22.3. The number of fused-ring (bicyclic) bond motifs is 3. The van der Waals surface area contributed by atoms with Crippen LogP contribution in [-0.2, 0) is 4.79 Å². The molecule has 174 valence electrons. The second kappa shape index (κ2) is 9.07. The van der Waals surface area contributed by atoms with Gasteiger partial charge >= 0.3 is 5.97 Å².